The first-order chi connectivity index (χ1) is 6.70. The van der Waals surface area contributed by atoms with E-state index in [1.165, 1.54) is 4.68 Å². The molecule has 2 heterocycles. The van der Waals surface area contributed by atoms with Crippen LogP contribution in [0.1, 0.15) is 12.8 Å². The third-order valence-electron chi connectivity index (χ3n) is 2.39. The number of nitrogens with zero attached hydrogens (tertiary/aromatic N) is 5. The normalized spacial score (nSPS) is 21.5. The van der Waals surface area contributed by atoms with Gasteiger partial charge in [0.1, 0.15) is 6.04 Å². The van der Waals surface area contributed by atoms with Crippen molar-refractivity contribution in [1.82, 2.24) is 20.2 Å². The van der Waals surface area contributed by atoms with Gasteiger partial charge in [-0.3, -0.25) is 0 Å². The van der Waals surface area contributed by atoms with Crippen molar-refractivity contribution in [2.45, 2.75) is 18.9 Å². The van der Waals surface area contributed by atoms with Crippen LogP contribution in [0.15, 0.2) is 0 Å². The molecule has 1 atom stereocenters. The van der Waals surface area contributed by atoms with Crippen LogP contribution in [0.5, 0.6) is 0 Å². The van der Waals surface area contributed by atoms with Crippen molar-refractivity contribution in [1.29, 1.82) is 0 Å². The Morgan fingerprint density at radius 2 is 2.43 bits per heavy atom. The van der Waals surface area contributed by atoms with Crippen LogP contribution >= 0.6 is 0 Å². The van der Waals surface area contributed by atoms with E-state index in [1.54, 1.807) is 11.9 Å². The molecule has 1 aliphatic heterocycles. The maximum atomic E-state index is 10.9. The highest BCUT2D eigenvalue weighted by Crippen LogP contribution is 2.22. The number of tetrazole rings is 1. The molecule has 0 amide bonds. The van der Waals surface area contributed by atoms with E-state index >= 15 is 0 Å². The zero-order valence-electron chi connectivity index (χ0n) is 7.79. The highest BCUT2D eigenvalue weighted by Gasteiger charge is 2.33. The molecule has 76 valence electrons. The summed E-state index contributed by atoms with van der Waals surface area (Å²) in [4.78, 5) is 12.6. The molecule has 14 heavy (non-hydrogen) atoms. The predicted octanol–water partition coefficient (Wildman–Crippen LogP) is -0.737. The van der Waals surface area contributed by atoms with Crippen molar-refractivity contribution in [3.05, 3.63) is 0 Å². The molecule has 0 unspecified atom stereocenters. The van der Waals surface area contributed by atoms with Crippen LogP contribution < -0.4 is 4.90 Å². The summed E-state index contributed by atoms with van der Waals surface area (Å²) in [5.41, 5.74) is 0. The van der Waals surface area contributed by atoms with E-state index in [4.69, 9.17) is 5.11 Å². The minimum atomic E-state index is -0.814. The summed E-state index contributed by atoms with van der Waals surface area (Å²) in [5, 5.41) is 19.9. The molecule has 0 saturated carbocycles. The second kappa shape index (κ2) is 3.24. The minimum absolute atomic E-state index is 0.486. The highest BCUT2D eigenvalue weighted by atomic mass is 16.4. The topological polar surface area (TPSA) is 84.1 Å². The molecule has 1 aromatic rings. The van der Waals surface area contributed by atoms with Crippen LogP contribution in [-0.2, 0) is 11.8 Å². The molecule has 0 aromatic carbocycles. The molecule has 1 aliphatic rings. The number of carbonyl (C=O) groups is 1. The molecule has 1 aromatic heterocycles. The molecule has 0 bridgehead atoms. The van der Waals surface area contributed by atoms with Crippen molar-refractivity contribution in [3.63, 3.8) is 0 Å². The van der Waals surface area contributed by atoms with Crippen LogP contribution in [0.3, 0.4) is 0 Å². The van der Waals surface area contributed by atoms with Gasteiger partial charge in [0.15, 0.2) is 0 Å². The summed E-state index contributed by atoms with van der Waals surface area (Å²) >= 11 is 0. The summed E-state index contributed by atoms with van der Waals surface area (Å²) in [6, 6.07) is -0.486. The zero-order valence-corrected chi connectivity index (χ0v) is 7.79. The maximum Gasteiger partial charge on any atom is 0.326 e. The Kier molecular flexibility index (Phi) is 2.06. The molecule has 1 fully saturated rings. The fourth-order valence-corrected chi connectivity index (χ4v) is 1.73. The van der Waals surface area contributed by atoms with Gasteiger partial charge in [0.2, 0.25) is 5.95 Å². The second-order valence-electron chi connectivity index (χ2n) is 3.29. The Labute approximate surface area is 80.3 Å². The molecule has 1 N–H and O–H groups in total. The lowest BCUT2D eigenvalue weighted by atomic mass is 10.2. The van der Waals surface area contributed by atoms with Gasteiger partial charge in [-0.1, -0.05) is 5.10 Å². The van der Waals surface area contributed by atoms with E-state index < -0.39 is 12.0 Å². The van der Waals surface area contributed by atoms with E-state index in [0.717, 1.165) is 6.42 Å². The molecule has 0 aliphatic carbocycles. The van der Waals surface area contributed by atoms with E-state index in [1.807, 2.05) is 0 Å². The van der Waals surface area contributed by atoms with Crippen molar-refractivity contribution >= 4 is 11.9 Å². The van der Waals surface area contributed by atoms with E-state index in [2.05, 4.69) is 15.5 Å². The lowest BCUT2D eigenvalue weighted by Crippen LogP contribution is -2.37. The summed E-state index contributed by atoms with van der Waals surface area (Å²) in [6.07, 6.45) is 1.52. The third kappa shape index (κ3) is 1.30. The van der Waals surface area contributed by atoms with E-state index in [-0.39, 0.29) is 0 Å². The van der Waals surface area contributed by atoms with E-state index in [9.17, 15) is 4.79 Å². The first-order valence-corrected chi connectivity index (χ1v) is 4.42. The average Bonchev–Trinajstić information content (AvgIpc) is 2.70. The number of aromatic nitrogens is 4. The fourth-order valence-electron chi connectivity index (χ4n) is 1.73. The number of carboxylic acid groups (broad SMARTS) is 1. The number of carboxylic acids is 1. The van der Waals surface area contributed by atoms with Crippen molar-refractivity contribution in [2.24, 2.45) is 7.05 Å². The van der Waals surface area contributed by atoms with Gasteiger partial charge in [0.25, 0.3) is 0 Å². The molecule has 7 nitrogen and oxygen atoms in total. The molecule has 0 radical (unpaired) electrons. The Morgan fingerprint density at radius 3 is 3.00 bits per heavy atom. The average molecular weight is 197 g/mol. The zero-order chi connectivity index (χ0) is 10.1. The third-order valence-corrected chi connectivity index (χ3v) is 2.39. The Hall–Kier alpha value is -1.66. The van der Waals surface area contributed by atoms with Gasteiger partial charge in [-0.2, -0.15) is 0 Å². The number of anilines is 1. The quantitative estimate of drug-likeness (QED) is 0.672. The number of hydrogen-bond acceptors (Lipinski definition) is 5. The monoisotopic (exact) mass is 197 g/mol. The largest absolute Gasteiger partial charge is 0.480 e. The summed E-state index contributed by atoms with van der Waals surface area (Å²) in [5.74, 6) is -0.291. The first kappa shape index (κ1) is 8.92. The lowest BCUT2D eigenvalue weighted by molar-refractivity contribution is -0.138. The maximum absolute atomic E-state index is 10.9. The van der Waals surface area contributed by atoms with Crippen molar-refractivity contribution in [2.75, 3.05) is 11.4 Å². The van der Waals surface area contributed by atoms with Crippen molar-refractivity contribution in [3.8, 4) is 0 Å². The van der Waals surface area contributed by atoms with Crippen LogP contribution in [0.25, 0.3) is 0 Å². The van der Waals surface area contributed by atoms with Crippen LogP contribution in [0.4, 0.5) is 5.95 Å². The second-order valence-corrected chi connectivity index (χ2v) is 3.29. The molecule has 2 rings (SSSR count). The number of rotatable bonds is 2. The minimum Gasteiger partial charge on any atom is -0.480 e. The first-order valence-electron chi connectivity index (χ1n) is 4.42. The molecule has 0 spiro atoms. The Balaban J connectivity index is 2.26. The smallest absolute Gasteiger partial charge is 0.326 e. The summed E-state index contributed by atoms with van der Waals surface area (Å²) in [7, 11) is 1.70. The number of aryl methyl sites for hydroxylation is 1. The molecule has 1 saturated heterocycles. The van der Waals surface area contributed by atoms with Gasteiger partial charge in [0.05, 0.1) is 0 Å². The van der Waals surface area contributed by atoms with Gasteiger partial charge in [-0.25, -0.2) is 9.48 Å². The molecular weight excluding hydrogens is 186 g/mol. The molecular formula is C7H11N5O2. The van der Waals surface area contributed by atoms with Crippen LogP contribution in [0.2, 0.25) is 0 Å². The predicted molar refractivity (Wildman–Crippen MR) is 46.8 cm³/mol. The Bertz CT molecular complexity index is 350. The number of hydrogen-bond donors (Lipinski definition) is 1. The van der Waals surface area contributed by atoms with Crippen molar-refractivity contribution < 1.29 is 9.90 Å². The van der Waals surface area contributed by atoms with Crippen LogP contribution in [0, 0.1) is 0 Å². The fraction of sp³-hybridized carbons (Fsp3) is 0.714. The van der Waals surface area contributed by atoms with Gasteiger partial charge in [-0.15, -0.1) is 0 Å². The van der Waals surface area contributed by atoms with E-state index in [0.29, 0.717) is 18.9 Å². The van der Waals surface area contributed by atoms with Gasteiger partial charge >= 0.3 is 5.97 Å². The number of aliphatic carboxylic acids is 1. The lowest BCUT2D eigenvalue weighted by Gasteiger charge is -2.20. The molecule has 7 heteroatoms. The van der Waals surface area contributed by atoms with Crippen LogP contribution in [-0.4, -0.2) is 43.9 Å². The summed E-state index contributed by atoms with van der Waals surface area (Å²) in [6.45, 7) is 0.700. The van der Waals surface area contributed by atoms with Gasteiger partial charge in [0, 0.05) is 13.6 Å². The standard InChI is InChI=1S/C7H11N5O2/c1-11-7(8-9-10-11)12-4-2-3-5(12)6(13)14/h5H,2-4H2,1H3,(H,13,14)/t5-/m0/s1. The van der Waals surface area contributed by atoms with Gasteiger partial charge < -0.3 is 10.0 Å². The van der Waals surface area contributed by atoms with Gasteiger partial charge in [-0.05, 0) is 23.3 Å². The Morgan fingerprint density at radius 1 is 1.64 bits per heavy atom. The summed E-state index contributed by atoms with van der Waals surface area (Å²) < 4.78 is 1.49. The SMILES string of the molecule is Cn1nnnc1N1CCC[C@H]1C(=O)O. The highest BCUT2D eigenvalue weighted by molar-refractivity contribution is 5.77.